The van der Waals surface area contributed by atoms with Crippen LogP contribution in [0, 0.1) is 12.7 Å². The number of ether oxygens (including phenoxy) is 1. The molecule has 0 atom stereocenters. The number of alkyl halides is 2. The first kappa shape index (κ1) is 22.2. The molecule has 4 aromatic rings. The van der Waals surface area contributed by atoms with Gasteiger partial charge in [0.05, 0.1) is 17.9 Å². The summed E-state index contributed by atoms with van der Waals surface area (Å²) < 4.78 is 46.4. The van der Waals surface area contributed by atoms with Gasteiger partial charge in [0.1, 0.15) is 11.5 Å². The molecule has 0 aliphatic carbocycles. The Morgan fingerprint density at radius 3 is 2.36 bits per heavy atom. The van der Waals surface area contributed by atoms with Gasteiger partial charge in [0.25, 0.3) is 6.43 Å². The van der Waals surface area contributed by atoms with Crippen LogP contribution in [-0.4, -0.2) is 26.5 Å². The third-order valence-corrected chi connectivity index (χ3v) is 4.88. The highest BCUT2D eigenvalue weighted by atomic mass is 19.3. The standard InChI is InChI=1S/C24H20F3N5O/c1-14-12-17(13-19(30-14)22(26)27)20-21(16-2-4-18(25)5-3-16)31-24(28)32-23(20)33-11-8-15-6-9-29-10-7-15/h2-7,9-10,12-13,22H,8,11H2,1H3,(H2,28,31,32). The number of nitrogen functional groups attached to an aromatic ring is 1. The second-order valence-electron chi connectivity index (χ2n) is 7.29. The van der Waals surface area contributed by atoms with E-state index in [-0.39, 0.29) is 24.1 Å². The van der Waals surface area contributed by atoms with Crippen molar-refractivity contribution in [1.82, 2.24) is 19.9 Å². The van der Waals surface area contributed by atoms with Crippen LogP contribution in [0.5, 0.6) is 5.88 Å². The van der Waals surface area contributed by atoms with E-state index >= 15 is 0 Å². The summed E-state index contributed by atoms with van der Waals surface area (Å²) in [6, 6.07) is 12.3. The van der Waals surface area contributed by atoms with Crippen LogP contribution in [0.4, 0.5) is 19.1 Å². The second-order valence-corrected chi connectivity index (χ2v) is 7.29. The molecular formula is C24H20F3N5O. The van der Waals surface area contributed by atoms with E-state index in [0.717, 1.165) is 5.56 Å². The van der Waals surface area contributed by atoms with Crippen LogP contribution < -0.4 is 10.5 Å². The van der Waals surface area contributed by atoms with Gasteiger partial charge in [-0.1, -0.05) is 0 Å². The summed E-state index contributed by atoms with van der Waals surface area (Å²) in [7, 11) is 0. The Morgan fingerprint density at radius 2 is 1.67 bits per heavy atom. The highest BCUT2D eigenvalue weighted by Gasteiger charge is 2.21. The summed E-state index contributed by atoms with van der Waals surface area (Å²) in [5.74, 6) is -0.338. The maximum absolute atomic E-state index is 13.5. The highest BCUT2D eigenvalue weighted by molar-refractivity contribution is 5.85. The molecule has 0 unspecified atom stereocenters. The van der Waals surface area contributed by atoms with Crippen molar-refractivity contribution < 1.29 is 17.9 Å². The molecule has 0 aliphatic rings. The van der Waals surface area contributed by atoms with Crippen LogP contribution in [0.15, 0.2) is 60.9 Å². The van der Waals surface area contributed by atoms with E-state index in [4.69, 9.17) is 10.5 Å². The SMILES string of the molecule is Cc1cc(-c2c(OCCc3ccncc3)nc(N)nc2-c2ccc(F)cc2)cc(C(F)F)n1. The predicted octanol–water partition coefficient (Wildman–Crippen LogP) is 5.19. The zero-order valence-electron chi connectivity index (χ0n) is 17.7. The first-order valence-electron chi connectivity index (χ1n) is 10.1. The minimum Gasteiger partial charge on any atom is -0.477 e. The molecule has 33 heavy (non-hydrogen) atoms. The van der Waals surface area contributed by atoms with Gasteiger partial charge in [-0.15, -0.1) is 0 Å². The Hall–Kier alpha value is -4.01. The number of pyridine rings is 2. The molecular weight excluding hydrogens is 431 g/mol. The number of anilines is 1. The van der Waals surface area contributed by atoms with Gasteiger partial charge >= 0.3 is 0 Å². The lowest BCUT2D eigenvalue weighted by Crippen LogP contribution is -2.08. The van der Waals surface area contributed by atoms with E-state index in [1.54, 1.807) is 25.4 Å². The summed E-state index contributed by atoms with van der Waals surface area (Å²) in [5.41, 5.74) is 8.62. The number of rotatable bonds is 7. The molecule has 1 aromatic carbocycles. The zero-order valence-corrected chi connectivity index (χ0v) is 17.7. The van der Waals surface area contributed by atoms with Crippen molar-refractivity contribution in [3.63, 3.8) is 0 Å². The number of aryl methyl sites for hydroxylation is 1. The van der Waals surface area contributed by atoms with Crippen molar-refractivity contribution in [1.29, 1.82) is 0 Å². The Balaban J connectivity index is 1.82. The fraction of sp³-hybridized carbons (Fsp3) is 0.167. The van der Waals surface area contributed by atoms with Crippen molar-refractivity contribution >= 4 is 5.95 Å². The molecule has 0 radical (unpaired) electrons. The van der Waals surface area contributed by atoms with Crippen molar-refractivity contribution in [2.45, 2.75) is 19.8 Å². The lowest BCUT2D eigenvalue weighted by molar-refractivity contribution is 0.146. The fourth-order valence-corrected chi connectivity index (χ4v) is 3.40. The van der Waals surface area contributed by atoms with Crippen molar-refractivity contribution in [3.05, 3.63) is 83.7 Å². The monoisotopic (exact) mass is 451 g/mol. The quantitative estimate of drug-likeness (QED) is 0.416. The molecule has 0 bridgehead atoms. The van der Waals surface area contributed by atoms with Gasteiger partial charge in [0.15, 0.2) is 0 Å². The van der Waals surface area contributed by atoms with Crippen LogP contribution in [0.25, 0.3) is 22.4 Å². The molecule has 9 heteroatoms. The van der Waals surface area contributed by atoms with Gasteiger partial charge in [-0.25, -0.2) is 18.2 Å². The lowest BCUT2D eigenvalue weighted by Gasteiger charge is -2.16. The Morgan fingerprint density at radius 1 is 0.939 bits per heavy atom. The van der Waals surface area contributed by atoms with E-state index in [1.165, 1.54) is 30.3 Å². The van der Waals surface area contributed by atoms with Gasteiger partial charge < -0.3 is 10.5 Å². The molecule has 3 heterocycles. The molecule has 0 amide bonds. The molecule has 4 rings (SSSR count). The van der Waals surface area contributed by atoms with Crippen molar-refractivity contribution in [2.75, 3.05) is 12.3 Å². The van der Waals surface area contributed by atoms with E-state index in [9.17, 15) is 13.2 Å². The minimum absolute atomic E-state index is 0.0585. The molecule has 0 fully saturated rings. The predicted molar refractivity (Wildman–Crippen MR) is 118 cm³/mol. The Kier molecular flexibility index (Phi) is 6.48. The van der Waals surface area contributed by atoms with Gasteiger partial charge in [0.2, 0.25) is 11.8 Å². The Labute approximate surface area is 188 Å². The summed E-state index contributed by atoms with van der Waals surface area (Å²) in [6.45, 7) is 1.87. The summed E-state index contributed by atoms with van der Waals surface area (Å²) in [6.07, 6.45) is 1.17. The molecule has 6 nitrogen and oxygen atoms in total. The molecule has 0 spiro atoms. The molecule has 2 N–H and O–H groups in total. The average molecular weight is 451 g/mol. The van der Waals surface area contributed by atoms with Gasteiger partial charge in [-0.2, -0.15) is 4.98 Å². The summed E-state index contributed by atoms with van der Waals surface area (Å²) in [4.78, 5) is 16.5. The molecule has 0 saturated heterocycles. The fourth-order valence-electron chi connectivity index (χ4n) is 3.40. The first-order chi connectivity index (χ1) is 15.9. The minimum atomic E-state index is -2.76. The molecule has 0 saturated carbocycles. The number of aromatic nitrogens is 4. The van der Waals surface area contributed by atoms with Crippen molar-refractivity contribution in [3.8, 4) is 28.3 Å². The van der Waals surface area contributed by atoms with Crippen LogP contribution >= 0.6 is 0 Å². The number of nitrogens with zero attached hydrogens (tertiary/aromatic N) is 4. The molecule has 168 valence electrons. The van der Waals surface area contributed by atoms with E-state index in [2.05, 4.69) is 19.9 Å². The van der Waals surface area contributed by atoms with E-state index in [0.29, 0.717) is 34.5 Å². The van der Waals surface area contributed by atoms with Gasteiger partial charge in [-0.05, 0) is 66.6 Å². The third kappa shape index (κ3) is 5.25. The van der Waals surface area contributed by atoms with Crippen molar-refractivity contribution in [2.24, 2.45) is 0 Å². The zero-order chi connectivity index (χ0) is 23.4. The highest BCUT2D eigenvalue weighted by Crippen LogP contribution is 2.39. The smallest absolute Gasteiger partial charge is 0.280 e. The normalized spacial score (nSPS) is 11.1. The number of benzene rings is 1. The largest absolute Gasteiger partial charge is 0.477 e. The molecule has 3 aromatic heterocycles. The number of halogens is 3. The number of hydrogen-bond acceptors (Lipinski definition) is 6. The van der Waals surface area contributed by atoms with E-state index < -0.39 is 12.2 Å². The maximum atomic E-state index is 13.5. The number of nitrogens with two attached hydrogens (primary N) is 1. The van der Waals surface area contributed by atoms with Crippen LogP contribution in [0.1, 0.15) is 23.4 Å². The molecule has 0 aliphatic heterocycles. The summed E-state index contributed by atoms with van der Waals surface area (Å²) in [5, 5.41) is 0. The van der Waals surface area contributed by atoms with Gasteiger partial charge in [0, 0.05) is 30.1 Å². The topological polar surface area (TPSA) is 86.8 Å². The van der Waals surface area contributed by atoms with E-state index in [1.807, 2.05) is 12.1 Å². The first-order valence-corrected chi connectivity index (χ1v) is 10.1. The lowest BCUT2D eigenvalue weighted by atomic mass is 9.99. The van der Waals surface area contributed by atoms with Gasteiger partial charge in [-0.3, -0.25) is 9.97 Å². The summed E-state index contributed by atoms with van der Waals surface area (Å²) >= 11 is 0. The Bertz CT molecular complexity index is 1250. The van der Waals surface area contributed by atoms with Crippen LogP contribution in [-0.2, 0) is 6.42 Å². The van der Waals surface area contributed by atoms with Crippen LogP contribution in [0.3, 0.4) is 0 Å². The maximum Gasteiger partial charge on any atom is 0.280 e. The average Bonchev–Trinajstić information content (AvgIpc) is 2.79. The second kappa shape index (κ2) is 9.64. The third-order valence-electron chi connectivity index (χ3n) is 4.88. The number of hydrogen-bond donors (Lipinski definition) is 1. The van der Waals surface area contributed by atoms with Crippen LogP contribution in [0.2, 0.25) is 0 Å².